The van der Waals surface area contributed by atoms with Crippen molar-refractivity contribution in [3.05, 3.63) is 20.9 Å². The SMILES string of the molecule is CCOC(N=[N+]=[N-])[S+]([O-])C(N=[N+]=[N-])OCC.O=P(O)(O)O. The third-order valence-electron chi connectivity index (χ3n) is 1.31. The molecule has 0 rings (SSSR count). The minimum absolute atomic E-state index is 0.213. The zero-order valence-electron chi connectivity index (χ0n) is 11.1. The van der Waals surface area contributed by atoms with Gasteiger partial charge in [0.1, 0.15) is 0 Å². The lowest BCUT2D eigenvalue weighted by molar-refractivity contribution is 0.0946. The molecule has 0 spiro atoms. The van der Waals surface area contributed by atoms with Crippen molar-refractivity contribution in [1.29, 1.82) is 0 Å². The van der Waals surface area contributed by atoms with E-state index in [1.807, 2.05) is 0 Å². The van der Waals surface area contributed by atoms with Crippen LogP contribution in [0.25, 0.3) is 20.9 Å². The van der Waals surface area contributed by atoms with Crippen LogP contribution in [0.4, 0.5) is 0 Å². The van der Waals surface area contributed by atoms with Gasteiger partial charge in [-0.3, -0.25) is 0 Å². The Morgan fingerprint density at radius 1 is 1.14 bits per heavy atom. The van der Waals surface area contributed by atoms with Crippen LogP contribution in [-0.4, -0.2) is 43.6 Å². The smallest absolute Gasteiger partial charge is 0.466 e. The lowest BCUT2D eigenvalue weighted by Gasteiger charge is -2.21. The van der Waals surface area contributed by atoms with Crippen LogP contribution in [-0.2, 0) is 25.2 Å². The average molecular weight is 346 g/mol. The maximum absolute atomic E-state index is 11.7. The Hall–Kier alpha value is -1.04. The summed E-state index contributed by atoms with van der Waals surface area (Å²) in [6, 6.07) is 0. The first-order valence-corrected chi connectivity index (χ1v) is 8.04. The molecule has 0 aromatic carbocycles. The van der Waals surface area contributed by atoms with Crippen molar-refractivity contribution in [2.24, 2.45) is 10.2 Å². The van der Waals surface area contributed by atoms with E-state index in [0.717, 1.165) is 0 Å². The molecule has 0 radical (unpaired) electrons. The number of ether oxygens (including phenoxy) is 2. The summed E-state index contributed by atoms with van der Waals surface area (Å²) in [4.78, 5) is 26.6. The molecule has 21 heavy (non-hydrogen) atoms. The van der Waals surface area contributed by atoms with Gasteiger partial charge in [-0.25, -0.2) is 4.57 Å². The van der Waals surface area contributed by atoms with Crippen molar-refractivity contribution in [2.75, 3.05) is 13.2 Å². The van der Waals surface area contributed by atoms with Crippen molar-refractivity contribution in [3.63, 3.8) is 0 Å². The minimum Gasteiger partial charge on any atom is -0.612 e. The van der Waals surface area contributed by atoms with Crippen molar-refractivity contribution < 1.29 is 33.3 Å². The van der Waals surface area contributed by atoms with Crippen molar-refractivity contribution in [3.8, 4) is 0 Å². The van der Waals surface area contributed by atoms with Gasteiger partial charge < -0.3 is 28.7 Å². The monoisotopic (exact) mass is 346 g/mol. The normalized spacial score (nSPS) is 14.6. The molecule has 0 aliphatic heterocycles. The molecular formula is C6H15N6O7PS. The number of azide groups is 2. The van der Waals surface area contributed by atoms with Crippen LogP contribution in [0.5, 0.6) is 0 Å². The molecule has 0 heterocycles. The lowest BCUT2D eigenvalue weighted by Crippen LogP contribution is -2.33. The number of nitrogens with zero attached hydrogens (tertiary/aromatic N) is 6. The van der Waals surface area contributed by atoms with Gasteiger partial charge in [-0.05, 0) is 35.1 Å². The summed E-state index contributed by atoms with van der Waals surface area (Å²) in [5.41, 5.74) is 14.1. The average Bonchev–Trinajstić information content (AvgIpc) is 2.35. The second-order valence-corrected chi connectivity index (χ2v) is 5.27. The predicted octanol–water partition coefficient (Wildman–Crippen LogP) is 1.07. The third-order valence-corrected chi connectivity index (χ3v) is 2.56. The first-order valence-electron chi connectivity index (χ1n) is 5.20. The molecule has 15 heteroatoms. The fourth-order valence-corrected chi connectivity index (χ4v) is 1.77. The highest BCUT2D eigenvalue weighted by atomic mass is 32.2. The van der Waals surface area contributed by atoms with E-state index < -0.39 is 30.1 Å². The van der Waals surface area contributed by atoms with Gasteiger partial charge in [0.2, 0.25) is 0 Å². The highest BCUT2D eigenvalue weighted by molar-refractivity contribution is 7.92. The van der Waals surface area contributed by atoms with Gasteiger partial charge >= 0.3 is 18.9 Å². The maximum atomic E-state index is 11.7. The summed E-state index contributed by atoms with van der Waals surface area (Å²) in [5.74, 6) is 0. The summed E-state index contributed by atoms with van der Waals surface area (Å²) in [6.45, 7) is 3.73. The van der Waals surface area contributed by atoms with Crippen LogP contribution in [0.2, 0.25) is 0 Å². The van der Waals surface area contributed by atoms with Crippen LogP contribution in [0.1, 0.15) is 13.8 Å². The van der Waals surface area contributed by atoms with Crippen LogP contribution >= 0.6 is 7.82 Å². The fourth-order valence-electron chi connectivity index (χ4n) is 0.763. The Morgan fingerprint density at radius 3 is 1.62 bits per heavy atom. The van der Waals surface area contributed by atoms with E-state index in [1.54, 1.807) is 13.8 Å². The van der Waals surface area contributed by atoms with Gasteiger partial charge in [0.05, 0.1) is 0 Å². The summed E-state index contributed by atoms with van der Waals surface area (Å²) in [5, 5.41) is 6.39. The first kappa shape index (κ1) is 22.2. The van der Waals surface area contributed by atoms with E-state index >= 15 is 0 Å². The Kier molecular flexibility index (Phi) is 13.4. The summed E-state index contributed by atoms with van der Waals surface area (Å²) in [6.07, 6.45) is 0. The molecule has 13 nitrogen and oxygen atoms in total. The number of hydrogen-bond acceptors (Lipinski definition) is 6. The Bertz CT molecular complexity index is 386. The zero-order chi connectivity index (χ0) is 16.9. The molecular weight excluding hydrogens is 331 g/mol. The molecule has 0 aliphatic carbocycles. The van der Waals surface area contributed by atoms with E-state index in [2.05, 4.69) is 20.1 Å². The largest absolute Gasteiger partial charge is 0.612 e. The van der Waals surface area contributed by atoms with Gasteiger partial charge in [0, 0.05) is 34.2 Å². The lowest BCUT2D eigenvalue weighted by atomic mass is 10.9. The van der Waals surface area contributed by atoms with E-state index in [0.29, 0.717) is 0 Å². The van der Waals surface area contributed by atoms with Crippen LogP contribution in [0.15, 0.2) is 10.2 Å². The molecule has 0 bridgehead atoms. The third kappa shape index (κ3) is 15.2. The minimum atomic E-state index is -4.64. The molecule has 122 valence electrons. The second-order valence-electron chi connectivity index (χ2n) is 2.78. The van der Waals surface area contributed by atoms with E-state index in [4.69, 9.17) is 39.8 Å². The number of rotatable bonds is 8. The Labute approximate surface area is 122 Å². The second kappa shape index (κ2) is 12.7. The van der Waals surface area contributed by atoms with Gasteiger partial charge in [-0.15, -0.1) is 0 Å². The van der Waals surface area contributed by atoms with Crippen LogP contribution in [0.3, 0.4) is 0 Å². The molecule has 2 atom stereocenters. The zero-order valence-corrected chi connectivity index (χ0v) is 12.8. The standard InChI is InChI=1S/C6H12N6O3S.H3O4P/c1-3-14-5(9-11-7)16(13)6(10-12-8)15-4-2;1-5(2,3)4/h5-6H,3-4H2,1-2H3;(H3,1,2,3,4). The topological polar surface area (TPSA) is 217 Å². The highest BCUT2D eigenvalue weighted by Gasteiger charge is 2.31. The van der Waals surface area contributed by atoms with Crippen LogP contribution < -0.4 is 0 Å². The van der Waals surface area contributed by atoms with E-state index in [1.165, 1.54) is 0 Å². The quantitative estimate of drug-likeness (QED) is 0.190. The molecule has 0 fully saturated rings. The van der Waals surface area contributed by atoms with Crippen molar-refractivity contribution in [1.82, 2.24) is 0 Å². The predicted molar refractivity (Wildman–Crippen MR) is 71.5 cm³/mol. The molecule has 2 unspecified atom stereocenters. The van der Waals surface area contributed by atoms with E-state index in [-0.39, 0.29) is 13.2 Å². The Morgan fingerprint density at radius 2 is 1.43 bits per heavy atom. The number of hydrogen-bond donors (Lipinski definition) is 3. The first-order chi connectivity index (χ1) is 9.71. The van der Waals surface area contributed by atoms with Gasteiger partial charge in [0.15, 0.2) is 0 Å². The molecule has 0 aliphatic rings. The summed E-state index contributed by atoms with van der Waals surface area (Å²) in [7, 11) is -4.64. The summed E-state index contributed by atoms with van der Waals surface area (Å²) < 4.78 is 30.5. The molecule has 0 saturated heterocycles. The number of phosphoric acid groups is 1. The van der Waals surface area contributed by atoms with Crippen molar-refractivity contribution in [2.45, 2.75) is 25.0 Å². The van der Waals surface area contributed by atoms with Gasteiger partial charge in [-0.1, -0.05) is 0 Å². The molecule has 0 amide bonds. The molecule has 0 aromatic heterocycles. The molecule has 0 aromatic rings. The molecule has 3 N–H and O–H groups in total. The highest BCUT2D eigenvalue weighted by Crippen LogP contribution is 2.25. The molecule has 0 saturated carbocycles. The maximum Gasteiger partial charge on any atom is 0.466 e. The fraction of sp³-hybridized carbons (Fsp3) is 1.00. The van der Waals surface area contributed by atoms with Gasteiger partial charge in [-0.2, -0.15) is 0 Å². The van der Waals surface area contributed by atoms with Gasteiger partial charge in [0.25, 0.3) is 0 Å². The van der Waals surface area contributed by atoms with Crippen molar-refractivity contribution >= 4 is 19.0 Å². The summed E-state index contributed by atoms with van der Waals surface area (Å²) >= 11 is -1.88. The van der Waals surface area contributed by atoms with E-state index in [9.17, 15) is 4.55 Å². The van der Waals surface area contributed by atoms with Crippen LogP contribution in [0, 0.1) is 0 Å². The Balaban J connectivity index is 0.